The quantitative estimate of drug-likeness (QED) is 0.433. The van der Waals surface area contributed by atoms with Crippen molar-refractivity contribution in [2.24, 2.45) is 5.11 Å². The number of hydrogen-bond donors (Lipinski definition) is 0. The minimum atomic E-state index is -0.608. The molecule has 1 rings (SSSR count). The van der Waals surface area contributed by atoms with E-state index in [9.17, 15) is 4.79 Å². The van der Waals surface area contributed by atoms with E-state index in [0.29, 0.717) is 23.6 Å². The van der Waals surface area contributed by atoms with Gasteiger partial charge in [0.1, 0.15) is 11.5 Å². The predicted molar refractivity (Wildman–Crippen MR) is 54.3 cm³/mol. The molecule has 0 unspecified atom stereocenters. The largest absolute Gasteiger partial charge is 0.464 e. The van der Waals surface area contributed by atoms with E-state index in [4.69, 9.17) is 9.95 Å². The van der Waals surface area contributed by atoms with Crippen LogP contribution in [-0.2, 0) is 6.54 Å². The van der Waals surface area contributed by atoms with Crippen molar-refractivity contribution >= 4 is 5.91 Å². The van der Waals surface area contributed by atoms with Gasteiger partial charge in [0.2, 0.25) is 0 Å². The van der Waals surface area contributed by atoms with Crippen molar-refractivity contribution in [1.82, 2.24) is 4.90 Å². The molecule has 1 aromatic rings. The van der Waals surface area contributed by atoms with Gasteiger partial charge < -0.3 is 9.32 Å². The summed E-state index contributed by atoms with van der Waals surface area (Å²) in [5.74, 6) is 0.544. The standard InChI is InChI=1S/C9H12N4O2/c1-6-8(9(14)11-12-10)4-7(15-6)5-13(2)3/h4H,5H2,1-3H3. The molecule has 0 spiro atoms. The van der Waals surface area contributed by atoms with Crippen LogP contribution in [0, 0.1) is 6.92 Å². The van der Waals surface area contributed by atoms with Crippen molar-refractivity contribution in [3.63, 3.8) is 0 Å². The number of hydrogen-bond acceptors (Lipinski definition) is 3. The van der Waals surface area contributed by atoms with E-state index in [1.807, 2.05) is 19.0 Å². The maximum atomic E-state index is 11.3. The Balaban J connectivity index is 2.95. The van der Waals surface area contributed by atoms with Crippen molar-refractivity contribution in [3.8, 4) is 0 Å². The molecule has 1 amide bonds. The Bertz CT molecular complexity index is 416. The van der Waals surface area contributed by atoms with Gasteiger partial charge in [0.25, 0.3) is 5.91 Å². The molecule has 6 heteroatoms. The van der Waals surface area contributed by atoms with E-state index in [-0.39, 0.29) is 0 Å². The van der Waals surface area contributed by atoms with Crippen LogP contribution in [0.2, 0.25) is 0 Å². The fourth-order valence-electron chi connectivity index (χ4n) is 1.24. The van der Waals surface area contributed by atoms with Crippen LogP contribution in [0.3, 0.4) is 0 Å². The fourth-order valence-corrected chi connectivity index (χ4v) is 1.24. The zero-order valence-corrected chi connectivity index (χ0v) is 8.89. The van der Waals surface area contributed by atoms with Gasteiger partial charge in [-0.05, 0) is 37.7 Å². The van der Waals surface area contributed by atoms with E-state index in [0.717, 1.165) is 0 Å². The number of amides is 1. The van der Waals surface area contributed by atoms with Crippen LogP contribution >= 0.6 is 0 Å². The lowest BCUT2D eigenvalue weighted by molar-refractivity contribution is 0.0999. The number of nitrogens with zero attached hydrogens (tertiary/aromatic N) is 4. The summed E-state index contributed by atoms with van der Waals surface area (Å²) in [6, 6.07) is 1.60. The molecule has 6 nitrogen and oxygen atoms in total. The summed E-state index contributed by atoms with van der Waals surface area (Å²) in [4.78, 5) is 15.6. The van der Waals surface area contributed by atoms with Crippen LogP contribution < -0.4 is 0 Å². The maximum Gasteiger partial charge on any atom is 0.252 e. The molecule has 0 aliphatic carbocycles. The second kappa shape index (κ2) is 4.63. The highest BCUT2D eigenvalue weighted by Crippen LogP contribution is 2.16. The second-order valence-corrected chi connectivity index (χ2v) is 3.41. The Morgan fingerprint density at radius 3 is 2.87 bits per heavy atom. The highest BCUT2D eigenvalue weighted by molar-refractivity contribution is 5.95. The summed E-state index contributed by atoms with van der Waals surface area (Å²) in [5, 5.41) is 3.02. The van der Waals surface area contributed by atoms with Gasteiger partial charge in [-0.3, -0.25) is 4.79 Å². The number of aryl methyl sites for hydroxylation is 1. The van der Waals surface area contributed by atoms with Gasteiger partial charge in [-0.1, -0.05) is 0 Å². The number of carbonyl (C=O) groups is 1. The minimum Gasteiger partial charge on any atom is -0.464 e. The molecule has 0 saturated heterocycles. The summed E-state index contributed by atoms with van der Waals surface area (Å²) in [5.41, 5.74) is 8.46. The van der Waals surface area contributed by atoms with E-state index in [1.165, 1.54) is 0 Å². The highest BCUT2D eigenvalue weighted by atomic mass is 16.3. The Hall–Kier alpha value is -1.78. The third-order valence-corrected chi connectivity index (χ3v) is 1.81. The van der Waals surface area contributed by atoms with Gasteiger partial charge >= 0.3 is 0 Å². The monoisotopic (exact) mass is 208 g/mol. The average Bonchev–Trinajstić information content (AvgIpc) is 2.46. The van der Waals surface area contributed by atoms with Gasteiger partial charge in [0, 0.05) is 4.91 Å². The Morgan fingerprint density at radius 2 is 2.33 bits per heavy atom. The molecule has 0 aromatic carbocycles. The molecule has 1 heterocycles. The first-order valence-electron chi connectivity index (χ1n) is 4.38. The smallest absolute Gasteiger partial charge is 0.252 e. The summed E-state index contributed by atoms with van der Waals surface area (Å²) >= 11 is 0. The molecule has 0 aliphatic heterocycles. The number of carbonyl (C=O) groups excluding carboxylic acids is 1. The van der Waals surface area contributed by atoms with E-state index >= 15 is 0 Å². The van der Waals surface area contributed by atoms with Gasteiger partial charge in [-0.2, -0.15) is 0 Å². The topological polar surface area (TPSA) is 82.2 Å². The summed E-state index contributed by atoms with van der Waals surface area (Å²) < 4.78 is 5.35. The number of azide groups is 1. The van der Waals surface area contributed by atoms with E-state index < -0.39 is 5.91 Å². The van der Waals surface area contributed by atoms with Gasteiger partial charge in [0.15, 0.2) is 0 Å². The lowest BCUT2D eigenvalue weighted by atomic mass is 10.2. The normalized spacial score (nSPS) is 10.1. The molecule has 0 saturated carbocycles. The fraction of sp³-hybridized carbons (Fsp3) is 0.444. The zero-order valence-electron chi connectivity index (χ0n) is 8.89. The average molecular weight is 208 g/mol. The van der Waals surface area contributed by atoms with Crippen molar-refractivity contribution in [3.05, 3.63) is 33.6 Å². The van der Waals surface area contributed by atoms with Crippen molar-refractivity contribution < 1.29 is 9.21 Å². The number of rotatable bonds is 3. The third kappa shape index (κ3) is 2.83. The first-order valence-corrected chi connectivity index (χ1v) is 4.38. The first-order chi connectivity index (χ1) is 7.04. The lowest BCUT2D eigenvalue weighted by Gasteiger charge is -2.05. The molecular weight excluding hydrogens is 196 g/mol. The van der Waals surface area contributed by atoms with Crippen LogP contribution in [0.15, 0.2) is 15.6 Å². The Morgan fingerprint density at radius 1 is 1.67 bits per heavy atom. The van der Waals surface area contributed by atoms with Gasteiger partial charge in [-0.25, -0.2) is 0 Å². The Labute approximate surface area is 87.1 Å². The predicted octanol–water partition coefficient (Wildman–Crippen LogP) is 2.10. The van der Waals surface area contributed by atoms with Crippen molar-refractivity contribution in [1.29, 1.82) is 0 Å². The molecule has 1 aromatic heterocycles. The highest BCUT2D eigenvalue weighted by Gasteiger charge is 2.13. The minimum absolute atomic E-state index is 0.324. The first kappa shape index (κ1) is 11.3. The third-order valence-electron chi connectivity index (χ3n) is 1.81. The van der Waals surface area contributed by atoms with Gasteiger partial charge in [-0.15, -0.1) is 0 Å². The Kier molecular flexibility index (Phi) is 3.49. The van der Waals surface area contributed by atoms with Crippen molar-refractivity contribution in [2.45, 2.75) is 13.5 Å². The molecule has 15 heavy (non-hydrogen) atoms. The summed E-state index contributed by atoms with van der Waals surface area (Å²) in [6.07, 6.45) is 0. The summed E-state index contributed by atoms with van der Waals surface area (Å²) in [7, 11) is 3.79. The van der Waals surface area contributed by atoms with Gasteiger partial charge in [0.05, 0.1) is 12.1 Å². The van der Waals surface area contributed by atoms with Crippen LogP contribution in [0.1, 0.15) is 21.9 Å². The van der Waals surface area contributed by atoms with Crippen LogP contribution in [-0.4, -0.2) is 24.9 Å². The molecule has 0 atom stereocenters. The van der Waals surface area contributed by atoms with E-state index in [2.05, 4.69) is 10.0 Å². The molecule has 0 radical (unpaired) electrons. The van der Waals surface area contributed by atoms with Crippen molar-refractivity contribution in [2.75, 3.05) is 14.1 Å². The molecule has 0 aliphatic rings. The molecule has 0 N–H and O–H groups in total. The molecular formula is C9H12N4O2. The molecule has 0 bridgehead atoms. The zero-order chi connectivity index (χ0) is 11.4. The summed E-state index contributed by atoms with van der Waals surface area (Å²) in [6.45, 7) is 2.27. The van der Waals surface area contributed by atoms with E-state index in [1.54, 1.807) is 13.0 Å². The molecule has 0 fully saturated rings. The van der Waals surface area contributed by atoms with Crippen LogP contribution in [0.25, 0.3) is 10.4 Å². The SMILES string of the molecule is Cc1oc(CN(C)C)cc1C(=O)N=[N+]=[N-]. The van der Waals surface area contributed by atoms with Crippen LogP contribution in [0.4, 0.5) is 0 Å². The van der Waals surface area contributed by atoms with Crippen LogP contribution in [0.5, 0.6) is 0 Å². The second-order valence-electron chi connectivity index (χ2n) is 3.41. The number of furan rings is 1. The molecule has 80 valence electrons. The maximum absolute atomic E-state index is 11.3. The lowest BCUT2D eigenvalue weighted by Crippen LogP contribution is -2.09.